The van der Waals surface area contributed by atoms with Crippen molar-refractivity contribution in [2.45, 2.75) is 40.0 Å². The molecule has 0 bridgehead atoms. The molecule has 0 aliphatic heterocycles. The Bertz CT molecular complexity index is 199. The highest BCUT2D eigenvalue weighted by atomic mass is 16.4. The van der Waals surface area contributed by atoms with Crippen LogP contribution in [-0.4, -0.2) is 10.9 Å². The summed E-state index contributed by atoms with van der Waals surface area (Å²) in [6.07, 6.45) is 2.00. The van der Waals surface area contributed by atoms with Crippen LogP contribution in [0.25, 0.3) is 0 Å². The number of oxime groups is 1. The largest absolute Gasteiger partial charge is 0.411 e. The molecule has 68 valence electrons. The Morgan fingerprint density at radius 2 is 2.00 bits per heavy atom. The van der Waals surface area contributed by atoms with Gasteiger partial charge in [-0.15, -0.1) is 0 Å². The normalized spacial score (nSPS) is 12.7. The molecule has 12 heavy (non-hydrogen) atoms. The third-order valence-electron chi connectivity index (χ3n) is 2.62. The van der Waals surface area contributed by atoms with Gasteiger partial charge in [-0.05, 0) is 12.8 Å². The minimum absolute atomic E-state index is 0.121. The number of hydrogen-bond donors (Lipinski definition) is 1. The Morgan fingerprint density at radius 1 is 1.50 bits per heavy atom. The predicted molar refractivity (Wildman–Crippen MR) is 48.1 cm³/mol. The fraction of sp³-hybridized carbons (Fsp3) is 0.778. The van der Waals surface area contributed by atoms with E-state index < -0.39 is 0 Å². The van der Waals surface area contributed by atoms with E-state index in [0.29, 0.717) is 5.71 Å². The van der Waals surface area contributed by atoms with Crippen molar-refractivity contribution in [3.8, 4) is 6.07 Å². The van der Waals surface area contributed by atoms with Crippen LogP contribution in [0.15, 0.2) is 5.16 Å². The second kappa shape index (κ2) is 4.76. The van der Waals surface area contributed by atoms with Gasteiger partial charge in [-0.1, -0.05) is 25.9 Å². The maximum Gasteiger partial charge on any atom is 0.0774 e. The zero-order valence-electron chi connectivity index (χ0n) is 7.96. The Hall–Kier alpha value is -1.04. The number of hydrogen-bond acceptors (Lipinski definition) is 3. The highest BCUT2D eigenvalue weighted by molar-refractivity contribution is 5.90. The standard InChI is InChI=1S/C9H16N2O/c1-4-9(3,5-2)8(11-12)6-7-10/h12H,4-6H2,1-3H3. The van der Waals surface area contributed by atoms with Crippen LogP contribution in [0.2, 0.25) is 0 Å². The molecule has 0 spiro atoms. The highest BCUT2D eigenvalue weighted by Gasteiger charge is 2.26. The van der Waals surface area contributed by atoms with Crippen LogP contribution < -0.4 is 0 Å². The average Bonchev–Trinajstić information content (AvgIpc) is 2.13. The van der Waals surface area contributed by atoms with Crippen molar-refractivity contribution in [2.75, 3.05) is 0 Å². The molecule has 0 aromatic carbocycles. The molecule has 0 fully saturated rings. The molecule has 0 rings (SSSR count). The van der Waals surface area contributed by atoms with E-state index in [1.807, 2.05) is 26.8 Å². The summed E-state index contributed by atoms with van der Waals surface area (Å²) in [4.78, 5) is 0. The molecule has 0 atom stereocenters. The zero-order chi connectivity index (χ0) is 9.61. The van der Waals surface area contributed by atoms with Crippen molar-refractivity contribution in [1.29, 1.82) is 5.26 Å². The van der Waals surface area contributed by atoms with Crippen LogP contribution >= 0.6 is 0 Å². The summed E-state index contributed by atoms with van der Waals surface area (Å²) >= 11 is 0. The van der Waals surface area contributed by atoms with E-state index in [0.717, 1.165) is 12.8 Å². The van der Waals surface area contributed by atoms with Gasteiger partial charge in [0.05, 0.1) is 18.2 Å². The van der Waals surface area contributed by atoms with Crippen LogP contribution in [0.3, 0.4) is 0 Å². The predicted octanol–water partition coefficient (Wildman–Crippen LogP) is 2.56. The number of rotatable bonds is 4. The van der Waals surface area contributed by atoms with Crippen molar-refractivity contribution in [3.05, 3.63) is 0 Å². The average molecular weight is 168 g/mol. The number of nitriles is 1. The molecule has 1 N–H and O–H groups in total. The Kier molecular flexibility index (Phi) is 4.35. The van der Waals surface area contributed by atoms with Gasteiger partial charge in [0, 0.05) is 5.41 Å². The van der Waals surface area contributed by atoms with Crippen LogP contribution in [0.1, 0.15) is 40.0 Å². The first kappa shape index (κ1) is 11.0. The molecule has 0 saturated heterocycles. The molecule has 0 aliphatic carbocycles. The second-order valence-corrected chi connectivity index (χ2v) is 3.15. The SMILES string of the molecule is CCC(C)(CC)C(CC#N)=NO. The lowest BCUT2D eigenvalue weighted by atomic mass is 9.79. The van der Waals surface area contributed by atoms with Crippen LogP contribution in [0.5, 0.6) is 0 Å². The van der Waals surface area contributed by atoms with Crippen LogP contribution in [-0.2, 0) is 0 Å². The van der Waals surface area contributed by atoms with E-state index in [1.165, 1.54) is 0 Å². The van der Waals surface area contributed by atoms with Crippen molar-refractivity contribution >= 4 is 5.71 Å². The van der Waals surface area contributed by atoms with E-state index in [-0.39, 0.29) is 11.8 Å². The lowest BCUT2D eigenvalue weighted by molar-refractivity contribution is 0.301. The minimum atomic E-state index is -0.121. The lowest BCUT2D eigenvalue weighted by Gasteiger charge is -2.25. The Labute approximate surface area is 73.7 Å². The summed E-state index contributed by atoms with van der Waals surface area (Å²) in [5.74, 6) is 0. The zero-order valence-corrected chi connectivity index (χ0v) is 7.96. The molecule has 0 aliphatic rings. The molecule has 0 aromatic rings. The molecular formula is C9H16N2O. The Balaban J connectivity index is 4.59. The van der Waals surface area contributed by atoms with Gasteiger partial charge in [0.15, 0.2) is 0 Å². The summed E-state index contributed by atoms with van der Waals surface area (Å²) in [5, 5.41) is 20.4. The number of nitrogens with zero attached hydrogens (tertiary/aromatic N) is 2. The second-order valence-electron chi connectivity index (χ2n) is 3.15. The van der Waals surface area contributed by atoms with Gasteiger partial charge < -0.3 is 5.21 Å². The minimum Gasteiger partial charge on any atom is -0.411 e. The van der Waals surface area contributed by atoms with Crippen molar-refractivity contribution in [3.63, 3.8) is 0 Å². The van der Waals surface area contributed by atoms with Crippen molar-refractivity contribution in [1.82, 2.24) is 0 Å². The first-order chi connectivity index (χ1) is 5.64. The molecule has 0 unspecified atom stereocenters. The van der Waals surface area contributed by atoms with E-state index >= 15 is 0 Å². The fourth-order valence-corrected chi connectivity index (χ4v) is 1.10. The van der Waals surface area contributed by atoms with Gasteiger partial charge in [-0.2, -0.15) is 5.26 Å². The smallest absolute Gasteiger partial charge is 0.0774 e. The van der Waals surface area contributed by atoms with E-state index in [2.05, 4.69) is 5.16 Å². The molecule has 3 heteroatoms. The molecular weight excluding hydrogens is 152 g/mol. The summed E-state index contributed by atoms with van der Waals surface area (Å²) in [6, 6.07) is 2.00. The first-order valence-electron chi connectivity index (χ1n) is 4.23. The van der Waals surface area contributed by atoms with Crippen molar-refractivity contribution in [2.24, 2.45) is 10.6 Å². The summed E-state index contributed by atoms with van der Waals surface area (Å²) < 4.78 is 0. The fourth-order valence-electron chi connectivity index (χ4n) is 1.10. The molecule has 3 nitrogen and oxygen atoms in total. The summed E-state index contributed by atoms with van der Waals surface area (Å²) in [5.41, 5.74) is 0.472. The van der Waals surface area contributed by atoms with Crippen LogP contribution in [0, 0.1) is 16.7 Å². The maximum atomic E-state index is 8.69. The van der Waals surface area contributed by atoms with Gasteiger partial charge in [-0.3, -0.25) is 0 Å². The lowest BCUT2D eigenvalue weighted by Crippen LogP contribution is -2.26. The molecule has 0 aromatic heterocycles. The van der Waals surface area contributed by atoms with Crippen LogP contribution in [0.4, 0.5) is 0 Å². The highest BCUT2D eigenvalue weighted by Crippen LogP contribution is 2.28. The van der Waals surface area contributed by atoms with Crippen molar-refractivity contribution < 1.29 is 5.21 Å². The van der Waals surface area contributed by atoms with Gasteiger partial charge >= 0.3 is 0 Å². The quantitative estimate of drug-likeness (QED) is 0.398. The Morgan fingerprint density at radius 3 is 2.25 bits per heavy atom. The topological polar surface area (TPSA) is 56.4 Å². The maximum absolute atomic E-state index is 8.69. The summed E-state index contributed by atoms with van der Waals surface area (Å²) in [7, 11) is 0. The molecule has 0 amide bonds. The van der Waals surface area contributed by atoms with Gasteiger partial charge in [0.1, 0.15) is 0 Å². The van der Waals surface area contributed by atoms with E-state index in [1.54, 1.807) is 0 Å². The molecule has 0 radical (unpaired) electrons. The van der Waals surface area contributed by atoms with Gasteiger partial charge in [0.25, 0.3) is 0 Å². The van der Waals surface area contributed by atoms with E-state index in [9.17, 15) is 0 Å². The van der Waals surface area contributed by atoms with Gasteiger partial charge in [-0.25, -0.2) is 0 Å². The van der Waals surface area contributed by atoms with E-state index in [4.69, 9.17) is 10.5 Å². The third-order valence-corrected chi connectivity index (χ3v) is 2.62. The monoisotopic (exact) mass is 168 g/mol. The van der Waals surface area contributed by atoms with Gasteiger partial charge in [0.2, 0.25) is 0 Å². The first-order valence-corrected chi connectivity index (χ1v) is 4.23. The molecule has 0 saturated carbocycles. The summed E-state index contributed by atoms with van der Waals surface area (Å²) in [6.45, 7) is 6.08. The third kappa shape index (κ3) is 2.23. The molecule has 0 heterocycles.